The Morgan fingerprint density at radius 3 is 2.15 bits per heavy atom. The first-order valence-electron chi connectivity index (χ1n) is 9.15. The van der Waals surface area contributed by atoms with Crippen LogP contribution in [0.5, 0.6) is 17.2 Å². The molecule has 1 aliphatic rings. The van der Waals surface area contributed by atoms with Gasteiger partial charge in [-0.2, -0.15) is 5.10 Å². The molecule has 2 aromatic carbocycles. The molecule has 0 atom stereocenters. The summed E-state index contributed by atoms with van der Waals surface area (Å²) in [6.07, 6.45) is 6.41. The second-order valence-corrected chi connectivity index (χ2v) is 6.96. The Bertz CT molecular complexity index is 830. The maximum absolute atomic E-state index is 12.1. The highest BCUT2D eigenvalue weighted by Crippen LogP contribution is 2.35. The molecule has 1 aliphatic carbocycles. The van der Waals surface area contributed by atoms with Crippen LogP contribution in [0.2, 0.25) is 0 Å². The van der Waals surface area contributed by atoms with Gasteiger partial charge in [-0.15, -0.1) is 0 Å². The van der Waals surface area contributed by atoms with Crippen LogP contribution in [0, 0.1) is 0 Å². The fraction of sp³-hybridized carbons (Fsp3) is 0.333. The number of phenolic OH excluding ortho intramolecular Hbond substituents is 3. The molecule has 6 nitrogen and oxygen atoms in total. The van der Waals surface area contributed by atoms with Crippen LogP contribution in [-0.2, 0) is 0 Å². The van der Waals surface area contributed by atoms with E-state index in [2.05, 4.69) is 22.7 Å². The van der Waals surface area contributed by atoms with Gasteiger partial charge in [-0.05, 0) is 48.9 Å². The van der Waals surface area contributed by atoms with Crippen molar-refractivity contribution in [1.29, 1.82) is 0 Å². The van der Waals surface area contributed by atoms with Crippen LogP contribution in [0.3, 0.4) is 0 Å². The predicted octanol–water partition coefficient (Wildman–Crippen LogP) is 4.01. The molecule has 0 aliphatic heterocycles. The number of carbonyl (C=O) groups excluding carboxylic acids is 1. The molecule has 0 saturated heterocycles. The van der Waals surface area contributed by atoms with Crippen LogP contribution in [0.1, 0.15) is 66.4 Å². The lowest BCUT2D eigenvalue weighted by Crippen LogP contribution is -2.19. The topological polar surface area (TPSA) is 102 Å². The monoisotopic (exact) mass is 368 g/mol. The van der Waals surface area contributed by atoms with E-state index in [0.29, 0.717) is 11.6 Å². The zero-order chi connectivity index (χ0) is 19.4. The Balaban J connectivity index is 1.67. The maximum Gasteiger partial charge on any atom is 0.271 e. The third kappa shape index (κ3) is 4.39. The smallest absolute Gasteiger partial charge is 0.271 e. The van der Waals surface area contributed by atoms with Gasteiger partial charge in [0.15, 0.2) is 17.2 Å². The van der Waals surface area contributed by atoms with Crippen LogP contribution in [0.15, 0.2) is 41.5 Å². The molecule has 0 radical (unpaired) electrons. The van der Waals surface area contributed by atoms with E-state index in [4.69, 9.17) is 0 Å². The summed E-state index contributed by atoms with van der Waals surface area (Å²) in [5, 5.41) is 32.4. The second kappa shape index (κ2) is 8.12. The highest BCUT2D eigenvalue weighted by molar-refractivity contribution is 6.01. The quantitative estimate of drug-likeness (QED) is 0.372. The van der Waals surface area contributed by atoms with Crippen LogP contribution in [-0.4, -0.2) is 26.9 Å². The first-order chi connectivity index (χ1) is 13.0. The van der Waals surface area contributed by atoms with E-state index in [0.717, 1.165) is 17.7 Å². The van der Waals surface area contributed by atoms with Gasteiger partial charge >= 0.3 is 0 Å². The molecule has 0 spiro atoms. The summed E-state index contributed by atoms with van der Waals surface area (Å²) in [6.45, 7) is 1.79. The summed E-state index contributed by atoms with van der Waals surface area (Å²) in [5.41, 5.74) is 5.29. The van der Waals surface area contributed by atoms with Crippen molar-refractivity contribution in [2.24, 2.45) is 5.10 Å². The van der Waals surface area contributed by atoms with Crippen molar-refractivity contribution in [3.8, 4) is 17.2 Å². The lowest BCUT2D eigenvalue weighted by Gasteiger charge is -2.22. The average molecular weight is 368 g/mol. The third-order valence-electron chi connectivity index (χ3n) is 5.06. The van der Waals surface area contributed by atoms with Crippen LogP contribution in [0.25, 0.3) is 0 Å². The molecule has 6 heteroatoms. The van der Waals surface area contributed by atoms with Crippen molar-refractivity contribution in [3.05, 3.63) is 53.1 Å². The SMILES string of the molecule is CC(=NNC(=O)c1cc(O)c(O)c(O)c1)c1ccc(C2CCCCC2)cc1. The largest absolute Gasteiger partial charge is 0.504 e. The van der Waals surface area contributed by atoms with Crippen LogP contribution < -0.4 is 5.43 Å². The van der Waals surface area contributed by atoms with Crippen molar-refractivity contribution < 1.29 is 20.1 Å². The molecule has 0 unspecified atom stereocenters. The summed E-state index contributed by atoms with van der Waals surface area (Å²) in [6, 6.07) is 10.4. The van der Waals surface area contributed by atoms with Gasteiger partial charge in [0.2, 0.25) is 0 Å². The number of hydrogen-bond acceptors (Lipinski definition) is 5. The Morgan fingerprint density at radius 1 is 0.963 bits per heavy atom. The molecule has 4 N–H and O–H groups in total. The molecular formula is C21H24N2O4. The number of rotatable bonds is 4. The number of hydrazone groups is 1. The Kier molecular flexibility index (Phi) is 5.64. The van der Waals surface area contributed by atoms with Gasteiger partial charge in [0.1, 0.15) is 0 Å². The lowest BCUT2D eigenvalue weighted by atomic mass is 9.84. The molecule has 1 saturated carbocycles. The number of phenols is 3. The second-order valence-electron chi connectivity index (χ2n) is 6.96. The Morgan fingerprint density at radius 2 is 1.56 bits per heavy atom. The van der Waals surface area contributed by atoms with Gasteiger partial charge < -0.3 is 15.3 Å². The number of hydrogen-bond donors (Lipinski definition) is 4. The van der Waals surface area contributed by atoms with Crippen molar-refractivity contribution in [2.45, 2.75) is 44.9 Å². The zero-order valence-electron chi connectivity index (χ0n) is 15.3. The molecule has 142 valence electrons. The van der Waals surface area contributed by atoms with Crippen molar-refractivity contribution in [1.82, 2.24) is 5.43 Å². The number of aromatic hydroxyl groups is 3. The zero-order valence-corrected chi connectivity index (χ0v) is 15.3. The fourth-order valence-corrected chi connectivity index (χ4v) is 3.43. The molecule has 1 fully saturated rings. The number of amides is 1. The van der Waals surface area contributed by atoms with E-state index in [9.17, 15) is 20.1 Å². The molecular weight excluding hydrogens is 344 g/mol. The van der Waals surface area contributed by atoms with Gasteiger partial charge in [-0.1, -0.05) is 43.5 Å². The van der Waals surface area contributed by atoms with Crippen molar-refractivity contribution in [2.75, 3.05) is 0 Å². The van der Waals surface area contributed by atoms with E-state index in [1.807, 2.05) is 12.1 Å². The number of nitrogens with one attached hydrogen (secondary N) is 1. The maximum atomic E-state index is 12.1. The predicted molar refractivity (Wildman–Crippen MR) is 103 cm³/mol. The Labute approximate surface area is 158 Å². The number of benzene rings is 2. The summed E-state index contributed by atoms with van der Waals surface area (Å²) in [5.74, 6) is -1.76. The molecule has 0 aromatic heterocycles. The van der Waals surface area contributed by atoms with Crippen LogP contribution >= 0.6 is 0 Å². The first kappa shape index (κ1) is 18.8. The Hall–Kier alpha value is -3.02. The minimum absolute atomic E-state index is 0.00741. The van der Waals surface area contributed by atoms with Crippen molar-refractivity contribution >= 4 is 11.6 Å². The molecule has 27 heavy (non-hydrogen) atoms. The highest BCUT2D eigenvalue weighted by atomic mass is 16.3. The molecule has 2 aromatic rings. The van der Waals surface area contributed by atoms with E-state index in [1.54, 1.807) is 6.92 Å². The average Bonchev–Trinajstić information content (AvgIpc) is 2.70. The van der Waals surface area contributed by atoms with Crippen molar-refractivity contribution in [3.63, 3.8) is 0 Å². The van der Waals surface area contributed by atoms with Gasteiger partial charge in [-0.3, -0.25) is 4.79 Å². The van der Waals surface area contributed by atoms with E-state index >= 15 is 0 Å². The van der Waals surface area contributed by atoms with Gasteiger partial charge in [0.05, 0.1) is 5.71 Å². The third-order valence-corrected chi connectivity index (χ3v) is 5.06. The molecule has 3 rings (SSSR count). The summed E-state index contributed by atoms with van der Waals surface area (Å²) >= 11 is 0. The van der Waals surface area contributed by atoms with Gasteiger partial charge in [-0.25, -0.2) is 5.43 Å². The summed E-state index contributed by atoms with van der Waals surface area (Å²) in [4.78, 5) is 12.1. The minimum atomic E-state index is -0.663. The highest BCUT2D eigenvalue weighted by Gasteiger charge is 2.16. The standard InChI is InChI=1S/C21H24N2O4/c1-13(14-7-9-16(10-8-14)15-5-3-2-4-6-15)22-23-21(27)17-11-18(24)20(26)19(25)12-17/h7-12,15,24-26H,2-6H2,1H3,(H,23,27). The molecule has 0 heterocycles. The summed E-state index contributed by atoms with van der Waals surface area (Å²) in [7, 11) is 0. The van der Waals surface area contributed by atoms with E-state index in [-0.39, 0.29) is 5.56 Å². The number of carbonyl (C=O) groups is 1. The number of nitrogens with zero attached hydrogens (tertiary/aromatic N) is 1. The van der Waals surface area contributed by atoms with Crippen LogP contribution in [0.4, 0.5) is 0 Å². The van der Waals surface area contributed by atoms with Gasteiger partial charge in [0.25, 0.3) is 5.91 Å². The van der Waals surface area contributed by atoms with E-state index in [1.165, 1.54) is 37.7 Å². The fourth-order valence-electron chi connectivity index (χ4n) is 3.43. The van der Waals surface area contributed by atoms with Gasteiger partial charge in [0, 0.05) is 5.56 Å². The summed E-state index contributed by atoms with van der Waals surface area (Å²) < 4.78 is 0. The van der Waals surface area contributed by atoms with E-state index < -0.39 is 23.2 Å². The molecule has 0 bridgehead atoms. The first-order valence-corrected chi connectivity index (χ1v) is 9.15. The minimum Gasteiger partial charge on any atom is -0.504 e. The molecule has 1 amide bonds. The normalized spacial score (nSPS) is 15.5. The lowest BCUT2D eigenvalue weighted by molar-refractivity contribution is 0.0954.